The Bertz CT molecular complexity index is 704. The molecule has 0 aliphatic rings. The lowest BCUT2D eigenvalue weighted by atomic mass is 10.2. The lowest BCUT2D eigenvalue weighted by Crippen LogP contribution is -2.21. The van der Waals surface area contributed by atoms with Gasteiger partial charge in [0.25, 0.3) is 5.91 Å². The second kappa shape index (κ2) is 7.80. The second-order valence-electron chi connectivity index (χ2n) is 4.23. The summed E-state index contributed by atoms with van der Waals surface area (Å²) in [6, 6.07) is 11.8. The molecule has 0 aliphatic heterocycles. The Balaban J connectivity index is 1.92. The number of esters is 1. The average Bonchev–Trinajstić information content (AvgIpc) is 2.50. The second-order valence-corrected chi connectivity index (χ2v) is 6.26. The van der Waals surface area contributed by atoms with Gasteiger partial charge in [0.1, 0.15) is 0 Å². The summed E-state index contributed by atoms with van der Waals surface area (Å²) in [7, 11) is 0. The van der Waals surface area contributed by atoms with Crippen molar-refractivity contribution in [1.82, 2.24) is 0 Å². The Kier molecular flexibility index (Phi) is 6.05. The number of anilines is 1. The summed E-state index contributed by atoms with van der Waals surface area (Å²) < 4.78 is 5.98. The molecule has 114 valence electrons. The van der Waals surface area contributed by atoms with Gasteiger partial charge in [-0.05, 0) is 59.0 Å². The van der Waals surface area contributed by atoms with Crippen LogP contribution < -0.4 is 5.32 Å². The SMILES string of the molecule is O=C(COC(=O)c1cccc(Cl)c1Cl)Nc1ccc(I)cc1. The summed E-state index contributed by atoms with van der Waals surface area (Å²) >= 11 is 13.9. The molecule has 0 unspecified atom stereocenters. The molecule has 0 aromatic heterocycles. The number of rotatable bonds is 4. The highest BCUT2D eigenvalue weighted by Crippen LogP contribution is 2.25. The van der Waals surface area contributed by atoms with Crippen LogP contribution in [0.25, 0.3) is 0 Å². The van der Waals surface area contributed by atoms with Crippen molar-refractivity contribution < 1.29 is 14.3 Å². The van der Waals surface area contributed by atoms with Crippen LogP contribution in [0.3, 0.4) is 0 Å². The highest BCUT2D eigenvalue weighted by Gasteiger charge is 2.15. The lowest BCUT2D eigenvalue weighted by Gasteiger charge is -2.08. The third kappa shape index (κ3) is 4.59. The Hall–Kier alpha value is -1.31. The van der Waals surface area contributed by atoms with Crippen molar-refractivity contribution in [1.29, 1.82) is 0 Å². The molecule has 0 fully saturated rings. The molecule has 2 aromatic carbocycles. The fourth-order valence-electron chi connectivity index (χ4n) is 1.60. The van der Waals surface area contributed by atoms with Crippen LogP contribution in [0.1, 0.15) is 10.4 Å². The number of carbonyl (C=O) groups is 2. The summed E-state index contributed by atoms with van der Waals surface area (Å²) in [6.07, 6.45) is 0. The van der Waals surface area contributed by atoms with E-state index in [1.807, 2.05) is 12.1 Å². The van der Waals surface area contributed by atoms with Crippen LogP contribution in [-0.4, -0.2) is 18.5 Å². The van der Waals surface area contributed by atoms with Gasteiger partial charge >= 0.3 is 5.97 Å². The molecular formula is C15H10Cl2INO3. The first-order valence-corrected chi connectivity index (χ1v) is 7.97. The fraction of sp³-hybridized carbons (Fsp3) is 0.0667. The van der Waals surface area contributed by atoms with Gasteiger partial charge in [-0.25, -0.2) is 4.79 Å². The van der Waals surface area contributed by atoms with Gasteiger partial charge in [-0.15, -0.1) is 0 Å². The van der Waals surface area contributed by atoms with Crippen molar-refractivity contribution >= 4 is 63.4 Å². The topological polar surface area (TPSA) is 55.4 Å². The monoisotopic (exact) mass is 449 g/mol. The van der Waals surface area contributed by atoms with E-state index in [9.17, 15) is 9.59 Å². The first-order chi connectivity index (χ1) is 10.5. The maximum absolute atomic E-state index is 11.9. The van der Waals surface area contributed by atoms with E-state index in [4.69, 9.17) is 27.9 Å². The quantitative estimate of drug-likeness (QED) is 0.556. The highest BCUT2D eigenvalue weighted by atomic mass is 127. The number of ether oxygens (including phenoxy) is 1. The number of halogens is 3. The van der Waals surface area contributed by atoms with Gasteiger partial charge in [-0.1, -0.05) is 29.3 Å². The first-order valence-electron chi connectivity index (χ1n) is 6.14. The lowest BCUT2D eigenvalue weighted by molar-refractivity contribution is -0.119. The summed E-state index contributed by atoms with van der Waals surface area (Å²) in [6.45, 7) is -0.409. The molecule has 0 bridgehead atoms. The molecule has 0 saturated carbocycles. The first kappa shape index (κ1) is 17.1. The van der Waals surface area contributed by atoms with Crippen LogP contribution >= 0.6 is 45.8 Å². The normalized spacial score (nSPS) is 10.1. The molecule has 7 heteroatoms. The van der Waals surface area contributed by atoms with Crippen molar-refractivity contribution in [2.75, 3.05) is 11.9 Å². The zero-order valence-electron chi connectivity index (χ0n) is 11.1. The molecule has 22 heavy (non-hydrogen) atoms. The average molecular weight is 450 g/mol. The van der Waals surface area contributed by atoms with Crippen LogP contribution in [0.15, 0.2) is 42.5 Å². The largest absolute Gasteiger partial charge is 0.452 e. The number of hydrogen-bond donors (Lipinski definition) is 1. The van der Waals surface area contributed by atoms with Crippen LogP contribution in [-0.2, 0) is 9.53 Å². The maximum Gasteiger partial charge on any atom is 0.340 e. The summed E-state index contributed by atoms with van der Waals surface area (Å²) in [5.41, 5.74) is 0.749. The molecule has 1 N–H and O–H groups in total. The minimum absolute atomic E-state index is 0.104. The van der Waals surface area contributed by atoms with Crippen molar-refractivity contribution in [2.24, 2.45) is 0 Å². The van der Waals surface area contributed by atoms with E-state index in [2.05, 4.69) is 27.9 Å². The van der Waals surface area contributed by atoms with E-state index in [1.165, 1.54) is 6.07 Å². The number of carbonyl (C=O) groups excluding carboxylic acids is 2. The van der Waals surface area contributed by atoms with Gasteiger partial charge in [0, 0.05) is 9.26 Å². The predicted molar refractivity (Wildman–Crippen MR) is 94.5 cm³/mol. The van der Waals surface area contributed by atoms with E-state index in [1.54, 1.807) is 24.3 Å². The third-order valence-corrected chi connectivity index (χ3v) is 4.17. The third-order valence-electron chi connectivity index (χ3n) is 2.63. The molecule has 0 saturated heterocycles. The molecule has 1 amide bonds. The molecule has 0 radical (unpaired) electrons. The van der Waals surface area contributed by atoms with E-state index in [0.717, 1.165) is 3.57 Å². The number of benzene rings is 2. The van der Waals surface area contributed by atoms with Crippen molar-refractivity contribution in [2.45, 2.75) is 0 Å². The highest BCUT2D eigenvalue weighted by molar-refractivity contribution is 14.1. The molecule has 0 heterocycles. The smallest absolute Gasteiger partial charge is 0.340 e. The summed E-state index contributed by atoms with van der Waals surface area (Å²) in [5.74, 6) is -1.14. The van der Waals surface area contributed by atoms with Gasteiger partial charge in [-0.2, -0.15) is 0 Å². The molecule has 4 nitrogen and oxygen atoms in total. The zero-order chi connectivity index (χ0) is 16.1. The van der Waals surface area contributed by atoms with Gasteiger partial charge in [-0.3, -0.25) is 4.79 Å². The number of amides is 1. The van der Waals surface area contributed by atoms with Crippen LogP contribution in [0.5, 0.6) is 0 Å². The van der Waals surface area contributed by atoms with Crippen LogP contribution in [0.2, 0.25) is 10.0 Å². The van der Waals surface area contributed by atoms with E-state index in [-0.39, 0.29) is 15.6 Å². The Morgan fingerprint density at radius 1 is 1.09 bits per heavy atom. The number of hydrogen-bond acceptors (Lipinski definition) is 3. The van der Waals surface area contributed by atoms with Gasteiger partial charge in [0.05, 0.1) is 15.6 Å². The standard InChI is InChI=1S/C15H10Cl2INO3/c16-12-3-1-2-11(14(12)17)15(21)22-8-13(20)19-10-6-4-9(18)5-7-10/h1-7H,8H2,(H,19,20). The summed E-state index contributed by atoms with van der Waals surface area (Å²) in [4.78, 5) is 23.6. The van der Waals surface area contributed by atoms with E-state index < -0.39 is 18.5 Å². The van der Waals surface area contributed by atoms with Crippen LogP contribution in [0.4, 0.5) is 5.69 Å². The van der Waals surface area contributed by atoms with E-state index >= 15 is 0 Å². The Morgan fingerprint density at radius 2 is 1.77 bits per heavy atom. The molecular weight excluding hydrogens is 440 g/mol. The van der Waals surface area contributed by atoms with Crippen molar-refractivity contribution in [3.8, 4) is 0 Å². The van der Waals surface area contributed by atoms with E-state index in [0.29, 0.717) is 5.69 Å². The molecule has 0 aliphatic carbocycles. The van der Waals surface area contributed by atoms with Crippen molar-refractivity contribution in [3.05, 3.63) is 61.6 Å². The predicted octanol–water partition coefficient (Wildman–Crippen LogP) is 4.39. The molecule has 2 aromatic rings. The summed E-state index contributed by atoms with van der Waals surface area (Å²) in [5, 5.41) is 2.98. The molecule has 0 spiro atoms. The minimum Gasteiger partial charge on any atom is -0.452 e. The Labute approximate surface area is 150 Å². The Morgan fingerprint density at radius 3 is 2.45 bits per heavy atom. The number of nitrogens with one attached hydrogen (secondary N) is 1. The van der Waals surface area contributed by atoms with Gasteiger partial charge < -0.3 is 10.1 Å². The minimum atomic E-state index is -0.703. The maximum atomic E-state index is 11.9. The van der Waals surface area contributed by atoms with Crippen LogP contribution in [0, 0.1) is 3.57 Å². The van der Waals surface area contributed by atoms with Gasteiger partial charge in [0.2, 0.25) is 0 Å². The zero-order valence-corrected chi connectivity index (χ0v) is 14.8. The van der Waals surface area contributed by atoms with Gasteiger partial charge in [0.15, 0.2) is 6.61 Å². The molecule has 0 atom stereocenters. The van der Waals surface area contributed by atoms with Crippen molar-refractivity contribution in [3.63, 3.8) is 0 Å². The fourth-order valence-corrected chi connectivity index (χ4v) is 2.34. The molecule has 2 rings (SSSR count).